The minimum absolute atomic E-state index is 0.0411. The van der Waals surface area contributed by atoms with Crippen molar-refractivity contribution in [3.05, 3.63) is 36.6 Å². The number of hydrogen-bond acceptors (Lipinski definition) is 1. The Hall–Kier alpha value is -1.19. The van der Waals surface area contributed by atoms with Crippen LogP contribution in [-0.2, 0) is 0 Å². The molecule has 2 aliphatic heterocycles. The van der Waals surface area contributed by atoms with Gasteiger partial charge in [0.25, 0.3) is 0 Å². The fourth-order valence-corrected chi connectivity index (χ4v) is 2.16. The van der Waals surface area contributed by atoms with Crippen LogP contribution in [0, 0.1) is 0 Å². The summed E-state index contributed by atoms with van der Waals surface area (Å²) in [6, 6.07) is 0. The first-order valence-electron chi connectivity index (χ1n) is 4.86. The summed E-state index contributed by atoms with van der Waals surface area (Å²) >= 11 is 0. The zero-order valence-electron chi connectivity index (χ0n) is 8.22. The van der Waals surface area contributed by atoms with Gasteiger partial charge in [0.2, 0.25) is 0 Å². The Morgan fingerprint density at radius 1 is 1.53 bits per heavy atom. The molecule has 0 amide bonds. The van der Waals surface area contributed by atoms with E-state index < -0.39 is 11.7 Å². The number of allylic oxidation sites excluding steroid dienone is 1. The minimum atomic E-state index is -4.21. The summed E-state index contributed by atoms with van der Waals surface area (Å²) in [5.74, 6) is 0. The van der Waals surface area contributed by atoms with Crippen LogP contribution in [0.4, 0.5) is 13.2 Å². The van der Waals surface area contributed by atoms with E-state index >= 15 is 0 Å². The summed E-state index contributed by atoms with van der Waals surface area (Å²) in [5, 5.41) is 0. The normalized spacial score (nSPS) is 28.5. The second kappa shape index (κ2) is 3.15. The summed E-state index contributed by atoms with van der Waals surface area (Å²) in [5.41, 5.74) is -1.08. The van der Waals surface area contributed by atoms with Gasteiger partial charge in [0.15, 0.2) is 5.54 Å². The molecule has 0 spiro atoms. The highest BCUT2D eigenvalue weighted by Gasteiger charge is 2.60. The van der Waals surface area contributed by atoms with Crippen molar-refractivity contribution >= 4 is 0 Å². The highest BCUT2D eigenvalue weighted by atomic mass is 19.4. The summed E-state index contributed by atoms with van der Waals surface area (Å²) in [6.07, 6.45) is 2.51. The SMILES string of the molecule is C=CCCN1C2=CCC1(C(F)(F)F)C=C2. The molecule has 0 radical (unpaired) electrons. The molecule has 0 aliphatic carbocycles. The fourth-order valence-electron chi connectivity index (χ4n) is 2.16. The van der Waals surface area contributed by atoms with E-state index in [9.17, 15) is 13.2 Å². The zero-order valence-corrected chi connectivity index (χ0v) is 8.22. The largest absolute Gasteiger partial charge is 0.415 e. The van der Waals surface area contributed by atoms with Gasteiger partial charge in [-0.3, -0.25) is 0 Å². The predicted molar refractivity (Wildman–Crippen MR) is 52.1 cm³/mol. The van der Waals surface area contributed by atoms with E-state index in [0.29, 0.717) is 18.7 Å². The lowest BCUT2D eigenvalue weighted by Crippen LogP contribution is -2.52. The van der Waals surface area contributed by atoms with Crippen molar-refractivity contribution < 1.29 is 13.2 Å². The van der Waals surface area contributed by atoms with Gasteiger partial charge < -0.3 is 4.90 Å². The van der Waals surface area contributed by atoms with Crippen LogP contribution >= 0.6 is 0 Å². The molecule has 4 heteroatoms. The van der Waals surface area contributed by atoms with Crippen molar-refractivity contribution in [1.82, 2.24) is 4.90 Å². The van der Waals surface area contributed by atoms with Crippen LogP contribution in [-0.4, -0.2) is 23.2 Å². The van der Waals surface area contributed by atoms with E-state index in [1.165, 1.54) is 11.0 Å². The van der Waals surface area contributed by atoms with E-state index in [-0.39, 0.29) is 6.42 Å². The van der Waals surface area contributed by atoms with Gasteiger partial charge in [0, 0.05) is 18.7 Å². The molecule has 82 valence electrons. The molecular formula is C11H12F3N. The molecule has 0 saturated heterocycles. The van der Waals surface area contributed by atoms with Gasteiger partial charge >= 0.3 is 6.18 Å². The molecule has 0 fully saturated rings. The standard InChI is InChI=1S/C11H12F3N/c1-2-3-8-15-9-4-6-10(15,7-5-9)11(12,13)14/h2,4-6H,1,3,7-8H2. The van der Waals surface area contributed by atoms with Gasteiger partial charge in [-0.2, -0.15) is 13.2 Å². The van der Waals surface area contributed by atoms with E-state index in [0.717, 1.165) is 0 Å². The number of halogens is 3. The van der Waals surface area contributed by atoms with Crippen molar-refractivity contribution in [1.29, 1.82) is 0 Å². The number of rotatable bonds is 3. The second-order valence-corrected chi connectivity index (χ2v) is 3.82. The first-order valence-corrected chi connectivity index (χ1v) is 4.86. The monoisotopic (exact) mass is 215 g/mol. The highest BCUT2D eigenvalue weighted by molar-refractivity contribution is 5.41. The van der Waals surface area contributed by atoms with Gasteiger partial charge in [-0.15, -0.1) is 6.58 Å². The van der Waals surface area contributed by atoms with Crippen LogP contribution < -0.4 is 0 Å². The number of hydrogen-bond donors (Lipinski definition) is 0. The molecule has 0 aromatic heterocycles. The Morgan fingerprint density at radius 2 is 2.27 bits per heavy atom. The quantitative estimate of drug-likeness (QED) is 0.654. The third kappa shape index (κ3) is 1.31. The smallest absolute Gasteiger partial charge is 0.354 e. The van der Waals surface area contributed by atoms with Crippen molar-refractivity contribution in [2.24, 2.45) is 0 Å². The number of fused-ring (bicyclic) bond motifs is 2. The molecule has 0 aromatic carbocycles. The number of nitrogens with zero attached hydrogens (tertiary/aromatic N) is 1. The molecule has 1 nitrogen and oxygen atoms in total. The topological polar surface area (TPSA) is 3.24 Å². The lowest BCUT2D eigenvalue weighted by atomic mass is 9.95. The summed E-state index contributed by atoms with van der Waals surface area (Å²) in [4.78, 5) is 1.43. The Kier molecular flexibility index (Phi) is 2.17. The molecule has 0 aromatic rings. The van der Waals surface area contributed by atoms with Crippen LogP contribution in [0.5, 0.6) is 0 Å². The molecular weight excluding hydrogens is 203 g/mol. The average Bonchev–Trinajstić information content (AvgIpc) is 2.69. The Balaban J connectivity index is 2.25. The molecule has 0 saturated carbocycles. The van der Waals surface area contributed by atoms with E-state index in [4.69, 9.17) is 0 Å². The first kappa shape index (κ1) is 10.3. The zero-order chi connectivity index (χ0) is 11.1. The van der Waals surface area contributed by atoms with Crippen molar-refractivity contribution in [2.75, 3.05) is 6.54 Å². The first-order chi connectivity index (χ1) is 7.01. The predicted octanol–water partition coefficient (Wildman–Crippen LogP) is 3.02. The summed E-state index contributed by atoms with van der Waals surface area (Å²) in [6.45, 7) is 3.91. The van der Waals surface area contributed by atoms with Crippen LogP contribution in [0.1, 0.15) is 12.8 Å². The third-order valence-corrected chi connectivity index (χ3v) is 2.99. The fraction of sp³-hybridized carbons (Fsp3) is 0.455. The number of alkyl halides is 3. The Morgan fingerprint density at radius 3 is 2.73 bits per heavy atom. The molecule has 2 heterocycles. The van der Waals surface area contributed by atoms with Crippen LogP contribution in [0.25, 0.3) is 0 Å². The molecule has 2 aliphatic rings. The molecule has 15 heavy (non-hydrogen) atoms. The highest BCUT2D eigenvalue weighted by Crippen LogP contribution is 2.49. The summed E-state index contributed by atoms with van der Waals surface area (Å²) in [7, 11) is 0. The van der Waals surface area contributed by atoms with E-state index in [2.05, 4.69) is 6.58 Å². The maximum atomic E-state index is 13.0. The van der Waals surface area contributed by atoms with Gasteiger partial charge in [0.1, 0.15) is 0 Å². The molecule has 0 N–H and O–H groups in total. The molecule has 2 bridgehead atoms. The van der Waals surface area contributed by atoms with Gasteiger partial charge in [-0.1, -0.05) is 12.2 Å². The van der Waals surface area contributed by atoms with Gasteiger partial charge in [0.05, 0.1) is 0 Å². The maximum Gasteiger partial charge on any atom is 0.415 e. The third-order valence-electron chi connectivity index (χ3n) is 2.99. The van der Waals surface area contributed by atoms with Crippen LogP contribution in [0.15, 0.2) is 36.6 Å². The van der Waals surface area contributed by atoms with Gasteiger partial charge in [-0.05, 0) is 18.6 Å². The molecule has 2 rings (SSSR count). The second-order valence-electron chi connectivity index (χ2n) is 3.82. The van der Waals surface area contributed by atoms with E-state index in [1.54, 1.807) is 18.2 Å². The van der Waals surface area contributed by atoms with Crippen molar-refractivity contribution in [3.8, 4) is 0 Å². The molecule has 1 unspecified atom stereocenters. The lowest BCUT2D eigenvalue weighted by molar-refractivity contribution is -0.201. The van der Waals surface area contributed by atoms with Gasteiger partial charge in [-0.25, -0.2) is 0 Å². The Bertz CT molecular complexity index is 340. The maximum absolute atomic E-state index is 13.0. The van der Waals surface area contributed by atoms with Crippen molar-refractivity contribution in [2.45, 2.75) is 24.6 Å². The van der Waals surface area contributed by atoms with Crippen molar-refractivity contribution in [3.63, 3.8) is 0 Å². The van der Waals surface area contributed by atoms with Crippen LogP contribution in [0.3, 0.4) is 0 Å². The summed E-state index contributed by atoms with van der Waals surface area (Å²) < 4.78 is 38.9. The van der Waals surface area contributed by atoms with E-state index in [1.807, 2.05) is 0 Å². The minimum Gasteiger partial charge on any atom is -0.354 e. The van der Waals surface area contributed by atoms with Crippen LogP contribution in [0.2, 0.25) is 0 Å². The average molecular weight is 215 g/mol. The Labute approximate surface area is 86.6 Å². The molecule has 1 atom stereocenters. The lowest BCUT2D eigenvalue weighted by Gasteiger charge is -2.36.